The summed E-state index contributed by atoms with van der Waals surface area (Å²) in [6, 6.07) is 17.6. The first-order chi connectivity index (χ1) is 12.7. The number of aliphatic imine (C=N–C) groups is 2. The highest BCUT2D eigenvalue weighted by Gasteiger charge is 2.15. The third kappa shape index (κ3) is 4.08. The number of benzene rings is 2. The minimum absolute atomic E-state index is 0.349. The second-order valence-electron chi connectivity index (χ2n) is 5.42. The summed E-state index contributed by atoms with van der Waals surface area (Å²) in [6.45, 7) is 0. The average Bonchev–Trinajstić information content (AvgIpc) is 2.70. The molecule has 0 unspecified atom stereocenters. The Balaban J connectivity index is 1.83. The maximum absolute atomic E-state index is 12.2. The summed E-state index contributed by atoms with van der Waals surface area (Å²) < 4.78 is 5.29. The van der Waals surface area contributed by atoms with Gasteiger partial charge in [-0.05, 0) is 36.4 Å². The Morgan fingerprint density at radius 1 is 0.769 bits per heavy atom. The molecule has 128 valence electrons. The predicted molar refractivity (Wildman–Crippen MR) is 101 cm³/mol. The molecule has 1 aliphatic carbocycles. The summed E-state index contributed by atoms with van der Waals surface area (Å²) in [5.74, 6) is -0.344. The fourth-order valence-electron chi connectivity index (χ4n) is 2.35. The number of methoxy groups -OCH3 is 1. The first-order valence-corrected chi connectivity index (χ1v) is 7.97. The molecule has 0 saturated heterocycles. The first-order valence-electron chi connectivity index (χ1n) is 7.97. The van der Waals surface area contributed by atoms with E-state index in [1.165, 1.54) is 7.11 Å². The fourth-order valence-corrected chi connectivity index (χ4v) is 2.35. The van der Waals surface area contributed by atoms with Crippen molar-refractivity contribution in [2.45, 2.75) is 0 Å². The van der Waals surface area contributed by atoms with Crippen molar-refractivity contribution in [1.82, 2.24) is 0 Å². The second-order valence-corrected chi connectivity index (χ2v) is 5.42. The molecule has 0 fully saturated rings. The number of hydrogen-bond acceptors (Lipinski definition) is 3. The Bertz CT molecular complexity index is 940. The maximum atomic E-state index is 12.2. The van der Waals surface area contributed by atoms with Gasteiger partial charge in [-0.25, -0.2) is 9.98 Å². The van der Waals surface area contributed by atoms with Crippen molar-refractivity contribution < 1.29 is 14.3 Å². The van der Waals surface area contributed by atoms with Crippen LogP contribution < -0.4 is 0 Å². The van der Waals surface area contributed by atoms with Crippen LogP contribution >= 0.6 is 0 Å². The summed E-state index contributed by atoms with van der Waals surface area (Å²) in [6.07, 6.45) is 4.81. The van der Waals surface area contributed by atoms with Gasteiger partial charge in [0.25, 0.3) is 11.8 Å². The van der Waals surface area contributed by atoms with Crippen molar-refractivity contribution in [3.05, 3.63) is 95.8 Å². The third-order valence-corrected chi connectivity index (χ3v) is 3.66. The van der Waals surface area contributed by atoms with Crippen molar-refractivity contribution in [3.63, 3.8) is 0 Å². The Kier molecular flexibility index (Phi) is 5.29. The van der Waals surface area contributed by atoms with Crippen LogP contribution in [-0.2, 0) is 4.74 Å². The third-order valence-electron chi connectivity index (χ3n) is 3.66. The van der Waals surface area contributed by atoms with Gasteiger partial charge < -0.3 is 4.74 Å². The van der Waals surface area contributed by atoms with Gasteiger partial charge in [0.15, 0.2) is 0 Å². The Morgan fingerprint density at radius 2 is 1.31 bits per heavy atom. The van der Waals surface area contributed by atoms with E-state index in [1.807, 2.05) is 12.1 Å². The zero-order valence-electron chi connectivity index (χ0n) is 14.1. The largest absolute Gasteiger partial charge is 0.494 e. The topological polar surface area (TPSA) is 68.1 Å². The minimum atomic E-state index is -0.367. The summed E-state index contributed by atoms with van der Waals surface area (Å²) in [7, 11) is 1.48. The molecule has 0 radical (unpaired) electrons. The Morgan fingerprint density at radius 3 is 1.85 bits per heavy atom. The number of ether oxygens (including phenoxy) is 1. The molecule has 0 aliphatic heterocycles. The standard InChI is InChI=1S/C21H16N2O3/c1-26-19-14-17(22-20(24)15-8-4-2-5-9-15)12-13-18(19)23-21(25)16-10-6-3-7-11-16/h2-14H,1H3. The first kappa shape index (κ1) is 17.2. The number of hydrogen-bond donors (Lipinski definition) is 0. The molecule has 0 atom stereocenters. The van der Waals surface area contributed by atoms with Gasteiger partial charge in [0.1, 0.15) is 11.5 Å². The van der Waals surface area contributed by atoms with Crippen molar-refractivity contribution >= 4 is 23.2 Å². The zero-order valence-corrected chi connectivity index (χ0v) is 14.1. The Labute approximate surface area is 151 Å². The lowest BCUT2D eigenvalue weighted by Gasteiger charge is -2.10. The van der Waals surface area contributed by atoms with Crippen LogP contribution in [0, 0.1) is 0 Å². The highest BCUT2D eigenvalue weighted by Crippen LogP contribution is 2.12. The molecule has 2 aromatic carbocycles. The fraction of sp³-hybridized carbons (Fsp3) is 0.0476. The van der Waals surface area contributed by atoms with Crippen molar-refractivity contribution in [2.24, 2.45) is 9.98 Å². The number of amides is 2. The van der Waals surface area contributed by atoms with E-state index in [-0.39, 0.29) is 11.8 Å². The summed E-state index contributed by atoms with van der Waals surface area (Å²) in [5, 5.41) is 0. The van der Waals surface area contributed by atoms with Gasteiger partial charge in [0.2, 0.25) is 0 Å². The molecule has 0 bridgehead atoms. The number of rotatable bonds is 3. The molecule has 0 saturated carbocycles. The van der Waals surface area contributed by atoms with Crippen LogP contribution in [0.5, 0.6) is 0 Å². The van der Waals surface area contributed by atoms with E-state index in [9.17, 15) is 9.59 Å². The number of carbonyl (C=O) groups excluding carboxylic acids is 2. The lowest BCUT2D eigenvalue weighted by molar-refractivity contribution is 0.0994. The quantitative estimate of drug-likeness (QED) is 0.798. The van der Waals surface area contributed by atoms with Crippen molar-refractivity contribution in [1.29, 1.82) is 0 Å². The molecule has 26 heavy (non-hydrogen) atoms. The lowest BCUT2D eigenvalue weighted by Crippen LogP contribution is -2.13. The molecule has 2 amide bonds. The molecule has 0 N–H and O–H groups in total. The Hall–Kier alpha value is -3.60. The molecular formula is C21H16N2O3. The summed E-state index contributed by atoms with van der Waals surface area (Å²) in [4.78, 5) is 32.6. The molecule has 5 nitrogen and oxygen atoms in total. The number of nitrogens with zero attached hydrogens (tertiary/aromatic N) is 2. The van der Waals surface area contributed by atoms with Crippen molar-refractivity contribution in [3.8, 4) is 0 Å². The van der Waals surface area contributed by atoms with E-state index < -0.39 is 0 Å². The molecular weight excluding hydrogens is 328 g/mol. The molecule has 0 aromatic heterocycles. The highest BCUT2D eigenvalue weighted by molar-refractivity contribution is 6.25. The SMILES string of the molecule is COC1=CC(=NC(=O)c2ccccc2)C=CC1=NC(=O)c1ccccc1. The van der Waals surface area contributed by atoms with Gasteiger partial charge in [0, 0.05) is 17.2 Å². The molecule has 2 aromatic rings. The monoisotopic (exact) mass is 344 g/mol. The van der Waals surface area contributed by atoms with E-state index in [2.05, 4.69) is 9.98 Å². The second kappa shape index (κ2) is 7.98. The highest BCUT2D eigenvalue weighted by atomic mass is 16.5. The van der Waals surface area contributed by atoms with Gasteiger partial charge in [-0.15, -0.1) is 0 Å². The van der Waals surface area contributed by atoms with E-state index >= 15 is 0 Å². The van der Waals surface area contributed by atoms with E-state index in [0.29, 0.717) is 28.3 Å². The van der Waals surface area contributed by atoms with Gasteiger partial charge in [-0.2, -0.15) is 0 Å². The normalized spacial score (nSPS) is 16.4. The average molecular weight is 344 g/mol. The lowest BCUT2D eigenvalue weighted by atomic mass is 10.1. The summed E-state index contributed by atoms with van der Waals surface area (Å²) in [5.41, 5.74) is 1.80. The molecule has 0 spiro atoms. The molecule has 0 heterocycles. The van der Waals surface area contributed by atoms with E-state index in [4.69, 9.17) is 4.74 Å². The van der Waals surface area contributed by atoms with Gasteiger partial charge in [-0.3, -0.25) is 9.59 Å². The van der Waals surface area contributed by atoms with Gasteiger partial charge in [-0.1, -0.05) is 36.4 Å². The minimum Gasteiger partial charge on any atom is -0.494 e. The van der Waals surface area contributed by atoms with Gasteiger partial charge >= 0.3 is 0 Å². The van der Waals surface area contributed by atoms with E-state index in [0.717, 1.165) is 0 Å². The smallest absolute Gasteiger partial charge is 0.277 e. The van der Waals surface area contributed by atoms with Crippen LogP contribution in [0.4, 0.5) is 0 Å². The van der Waals surface area contributed by atoms with Crippen LogP contribution in [0.3, 0.4) is 0 Å². The van der Waals surface area contributed by atoms with Gasteiger partial charge in [0.05, 0.1) is 12.8 Å². The van der Waals surface area contributed by atoms with E-state index in [1.54, 1.807) is 66.8 Å². The molecule has 1 aliphatic rings. The molecule has 3 rings (SSSR count). The predicted octanol–water partition coefficient (Wildman–Crippen LogP) is 3.65. The molecule has 5 heteroatoms. The van der Waals surface area contributed by atoms with Crippen LogP contribution in [0.1, 0.15) is 20.7 Å². The maximum Gasteiger partial charge on any atom is 0.277 e. The van der Waals surface area contributed by atoms with Crippen LogP contribution in [0.25, 0.3) is 0 Å². The number of allylic oxidation sites excluding steroid dienone is 3. The zero-order chi connectivity index (χ0) is 18.4. The van der Waals surface area contributed by atoms with Crippen LogP contribution in [0.15, 0.2) is 94.6 Å². The summed E-state index contributed by atoms with van der Waals surface area (Å²) >= 11 is 0. The van der Waals surface area contributed by atoms with Crippen LogP contribution in [-0.4, -0.2) is 30.3 Å². The van der Waals surface area contributed by atoms with Crippen LogP contribution in [0.2, 0.25) is 0 Å². The number of carbonyl (C=O) groups is 2. The van der Waals surface area contributed by atoms with Crippen molar-refractivity contribution in [2.75, 3.05) is 7.11 Å².